The van der Waals surface area contributed by atoms with Crippen LogP contribution in [0.3, 0.4) is 0 Å². The van der Waals surface area contributed by atoms with Crippen molar-refractivity contribution in [2.24, 2.45) is 5.92 Å². The molecule has 0 aromatic rings. The molecule has 0 amide bonds. The Kier molecular flexibility index (Phi) is 6.22. The second-order valence-electron chi connectivity index (χ2n) is 4.81. The minimum Gasteiger partial charge on any atom is -0.395 e. The molecule has 0 bridgehead atoms. The minimum absolute atomic E-state index is 0.298. The maximum Gasteiger partial charge on any atom is 0.0593 e. The largest absolute Gasteiger partial charge is 0.395 e. The Morgan fingerprint density at radius 1 is 1.40 bits per heavy atom. The van der Waals surface area contributed by atoms with Crippen molar-refractivity contribution in [2.75, 3.05) is 32.9 Å². The van der Waals surface area contributed by atoms with E-state index in [2.05, 4.69) is 18.7 Å². The summed E-state index contributed by atoms with van der Waals surface area (Å²) in [5.74, 6) is 0.724. The molecule has 1 heterocycles. The smallest absolute Gasteiger partial charge is 0.0593 e. The zero-order valence-electron chi connectivity index (χ0n) is 10.1. The summed E-state index contributed by atoms with van der Waals surface area (Å²) in [7, 11) is 0. The first-order valence-corrected chi connectivity index (χ1v) is 6.16. The van der Waals surface area contributed by atoms with E-state index in [1.54, 1.807) is 0 Å². The molecule has 0 unspecified atom stereocenters. The van der Waals surface area contributed by atoms with Crippen LogP contribution in [0.2, 0.25) is 0 Å². The van der Waals surface area contributed by atoms with Crippen molar-refractivity contribution in [1.29, 1.82) is 0 Å². The third-order valence-corrected chi connectivity index (χ3v) is 3.07. The van der Waals surface area contributed by atoms with Crippen molar-refractivity contribution < 1.29 is 9.84 Å². The molecule has 0 aromatic carbocycles. The highest BCUT2D eigenvalue weighted by Crippen LogP contribution is 2.15. The number of nitrogens with zero attached hydrogens (tertiary/aromatic N) is 1. The van der Waals surface area contributed by atoms with E-state index < -0.39 is 0 Å². The number of hydrogen-bond donors (Lipinski definition) is 1. The maximum absolute atomic E-state index is 9.13. The van der Waals surface area contributed by atoms with E-state index in [0.29, 0.717) is 12.6 Å². The van der Waals surface area contributed by atoms with Gasteiger partial charge < -0.3 is 9.84 Å². The lowest BCUT2D eigenvalue weighted by Crippen LogP contribution is -2.34. The fourth-order valence-corrected chi connectivity index (χ4v) is 2.00. The van der Waals surface area contributed by atoms with Gasteiger partial charge in [-0.15, -0.1) is 0 Å². The zero-order chi connectivity index (χ0) is 11.1. The Bertz CT molecular complexity index is 162. The first-order valence-electron chi connectivity index (χ1n) is 6.16. The number of aliphatic hydroxyl groups excluding tert-OH is 1. The van der Waals surface area contributed by atoms with Gasteiger partial charge in [-0.25, -0.2) is 0 Å². The third kappa shape index (κ3) is 4.96. The van der Waals surface area contributed by atoms with Crippen LogP contribution in [0, 0.1) is 5.92 Å². The lowest BCUT2D eigenvalue weighted by Gasteiger charge is -2.22. The summed E-state index contributed by atoms with van der Waals surface area (Å²) in [6.45, 7) is 8.50. The van der Waals surface area contributed by atoms with Crippen LogP contribution in [0.25, 0.3) is 0 Å². The summed E-state index contributed by atoms with van der Waals surface area (Å²) in [6.07, 6.45) is 3.50. The average Bonchev–Trinajstić information content (AvgIpc) is 2.64. The van der Waals surface area contributed by atoms with Crippen molar-refractivity contribution >= 4 is 0 Å². The predicted molar refractivity (Wildman–Crippen MR) is 62.0 cm³/mol. The monoisotopic (exact) mass is 215 g/mol. The molecule has 0 aliphatic carbocycles. The molecule has 0 saturated carbocycles. The van der Waals surface area contributed by atoms with E-state index in [0.717, 1.165) is 45.1 Å². The molecule has 0 radical (unpaired) electrons. The van der Waals surface area contributed by atoms with Gasteiger partial charge in [-0.2, -0.15) is 0 Å². The van der Waals surface area contributed by atoms with Crippen molar-refractivity contribution in [1.82, 2.24) is 4.90 Å². The van der Waals surface area contributed by atoms with Crippen molar-refractivity contribution in [3.05, 3.63) is 0 Å². The molecule has 1 fully saturated rings. The number of rotatable bonds is 7. The Hall–Kier alpha value is -0.120. The number of aliphatic hydroxyl groups is 1. The van der Waals surface area contributed by atoms with Crippen LogP contribution in [-0.4, -0.2) is 49.0 Å². The molecule has 1 N–H and O–H groups in total. The highest BCUT2D eigenvalue weighted by Gasteiger charge is 2.22. The van der Waals surface area contributed by atoms with Gasteiger partial charge in [0.2, 0.25) is 0 Å². The highest BCUT2D eigenvalue weighted by molar-refractivity contribution is 4.77. The molecule has 1 saturated heterocycles. The Morgan fingerprint density at radius 3 is 2.87 bits per heavy atom. The highest BCUT2D eigenvalue weighted by atomic mass is 16.5. The van der Waals surface area contributed by atoms with Crippen LogP contribution < -0.4 is 0 Å². The van der Waals surface area contributed by atoms with Crippen LogP contribution in [0.1, 0.15) is 33.1 Å². The Balaban J connectivity index is 1.99. The lowest BCUT2D eigenvalue weighted by molar-refractivity contribution is 0.0800. The minimum atomic E-state index is 0.298. The normalized spacial score (nSPS) is 22.8. The van der Waals surface area contributed by atoms with Gasteiger partial charge >= 0.3 is 0 Å². The topological polar surface area (TPSA) is 32.7 Å². The van der Waals surface area contributed by atoms with E-state index in [9.17, 15) is 0 Å². The van der Waals surface area contributed by atoms with E-state index in [1.807, 2.05) is 0 Å². The molecule has 3 heteroatoms. The number of likely N-dealkylation sites (tertiary alicyclic amines) is 1. The predicted octanol–water partition coefficient (Wildman–Crippen LogP) is 1.51. The summed E-state index contributed by atoms with van der Waals surface area (Å²) in [5, 5.41) is 9.13. The van der Waals surface area contributed by atoms with Gasteiger partial charge in [0.25, 0.3) is 0 Å². The molecule has 90 valence electrons. The maximum atomic E-state index is 9.13. The van der Waals surface area contributed by atoms with Gasteiger partial charge in [-0.1, -0.05) is 13.8 Å². The van der Waals surface area contributed by atoms with Crippen LogP contribution in [0.15, 0.2) is 0 Å². The van der Waals surface area contributed by atoms with E-state index >= 15 is 0 Å². The summed E-state index contributed by atoms with van der Waals surface area (Å²) in [6, 6.07) is 0.388. The first-order chi connectivity index (χ1) is 7.24. The molecule has 1 atom stereocenters. The molecule has 0 spiro atoms. The summed E-state index contributed by atoms with van der Waals surface area (Å²) < 4.78 is 5.58. The molecule has 1 rings (SSSR count). The van der Waals surface area contributed by atoms with Gasteiger partial charge in [0.05, 0.1) is 13.2 Å². The van der Waals surface area contributed by atoms with Crippen molar-refractivity contribution in [3.63, 3.8) is 0 Å². The van der Waals surface area contributed by atoms with Crippen LogP contribution in [-0.2, 0) is 4.74 Å². The van der Waals surface area contributed by atoms with Gasteiger partial charge in [-0.05, 0) is 31.7 Å². The molecule has 15 heavy (non-hydrogen) atoms. The van der Waals surface area contributed by atoms with E-state index in [-0.39, 0.29) is 0 Å². The van der Waals surface area contributed by atoms with Gasteiger partial charge in [-0.3, -0.25) is 4.90 Å². The fraction of sp³-hybridized carbons (Fsp3) is 1.00. The van der Waals surface area contributed by atoms with Gasteiger partial charge in [0.15, 0.2) is 0 Å². The van der Waals surface area contributed by atoms with Crippen molar-refractivity contribution in [2.45, 2.75) is 39.2 Å². The Morgan fingerprint density at radius 2 is 2.20 bits per heavy atom. The molecular formula is C12H25NO2. The molecule has 3 nitrogen and oxygen atoms in total. The standard InChI is InChI=1S/C12H25NO2/c1-11(2)5-8-15-9-7-13-6-3-4-12(13)10-14/h11-12,14H,3-10H2,1-2H3/t12-/m1/s1. The first kappa shape index (κ1) is 12.9. The van der Waals surface area contributed by atoms with E-state index in [1.165, 1.54) is 6.42 Å². The third-order valence-electron chi connectivity index (χ3n) is 3.07. The summed E-state index contributed by atoms with van der Waals surface area (Å²) >= 11 is 0. The fourth-order valence-electron chi connectivity index (χ4n) is 2.00. The zero-order valence-corrected chi connectivity index (χ0v) is 10.1. The molecular weight excluding hydrogens is 190 g/mol. The molecule has 1 aliphatic heterocycles. The average molecular weight is 215 g/mol. The molecule has 1 aliphatic rings. The molecule has 0 aromatic heterocycles. The summed E-state index contributed by atoms with van der Waals surface area (Å²) in [5.41, 5.74) is 0. The second-order valence-corrected chi connectivity index (χ2v) is 4.81. The van der Waals surface area contributed by atoms with Crippen molar-refractivity contribution in [3.8, 4) is 0 Å². The quantitative estimate of drug-likeness (QED) is 0.653. The SMILES string of the molecule is CC(C)CCOCCN1CCC[C@@H]1CO. The van der Waals surface area contributed by atoms with E-state index in [4.69, 9.17) is 9.84 Å². The van der Waals surface area contributed by atoms with Gasteiger partial charge in [0.1, 0.15) is 0 Å². The van der Waals surface area contributed by atoms with Crippen LogP contribution in [0.4, 0.5) is 0 Å². The lowest BCUT2D eigenvalue weighted by atomic mass is 10.1. The van der Waals surface area contributed by atoms with Crippen LogP contribution >= 0.6 is 0 Å². The Labute approximate surface area is 93.4 Å². The second kappa shape index (κ2) is 7.20. The van der Waals surface area contributed by atoms with Crippen LogP contribution in [0.5, 0.6) is 0 Å². The summed E-state index contributed by atoms with van der Waals surface area (Å²) in [4.78, 5) is 2.34. The number of hydrogen-bond acceptors (Lipinski definition) is 3. The number of ether oxygens (including phenoxy) is 1. The van der Waals surface area contributed by atoms with Gasteiger partial charge in [0, 0.05) is 19.2 Å².